The van der Waals surface area contributed by atoms with Crippen molar-refractivity contribution in [3.8, 4) is 5.75 Å². The number of hydrogen-bond donors (Lipinski definition) is 0. The summed E-state index contributed by atoms with van der Waals surface area (Å²) in [5, 5.41) is 0.551. The maximum absolute atomic E-state index is 12.6. The third-order valence-electron chi connectivity index (χ3n) is 4.73. The van der Waals surface area contributed by atoms with E-state index in [-0.39, 0.29) is 24.7 Å². The predicted molar refractivity (Wildman–Crippen MR) is 114 cm³/mol. The third-order valence-corrected chi connectivity index (χ3v) is 6.82. The summed E-state index contributed by atoms with van der Waals surface area (Å²) < 4.78 is 32.0. The molecule has 0 aromatic heterocycles. The number of halogens is 1. The number of piperazine rings is 1. The van der Waals surface area contributed by atoms with Crippen molar-refractivity contribution in [1.29, 1.82) is 0 Å². The van der Waals surface area contributed by atoms with E-state index in [9.17, 15) is 13.2 Å². The summed E-state index contributed by atoms with van der Waals surface area (Å²) >= 11 is 6.01. The number of nitrogens with zero attached hydrogens (tertiary/aromatic N) is 2. The Balaban J connectivity index is 1.59. The van der Waals surface area contributed by atoms with Crippen LogP contribution in [0.2, 0.25) is 5.02 Å². The maximum Gasteiger partial charge on any atom is 0.246 e. The number of carbonyl (C=O) groups excluding carboxylic acids is 1. The van der Waals surface area contributed by atoms with E-state index in [4.69, 9.17) is 16.3 Å². The molecule has 154 valence electrons. The largest absolute Gasteiger partial charge is 0.496 e. The van der Waals surface area contributed by atoms with Gasteiger partial charge in [0.05, 0.1) is 12.9 Å². The Labute approximate surface area is 176 Å². The van der Waals surface area contributed by atoms with Gasteiger partial charge in [-0.25, -0.2) is 8.42 Å². The van der Waals surface area contributed by atoms with Gasteiger partial charge in [-0.2, -0.15) is 4.31 Å². The van der Waals surface area contributed by atoms with Gasteiger partial charge < -0.3 is 9.64 Å². The van der Waals surface area contributed by atoms with Gasteiger partial charge in [-0.15, -0.1) is 0 Å². The lowest BCUT2D eigenvalue weighted by molar-refractivity contribution is -0.127. The van der Waals surface area contributed by atoms with Gasteiger partial charge in [0.15, 0.2) is 0 Å². The molecule has 0 N–H and O–H groups in total. The minimum atomic E-state index is -3.41. The first-order chi connectivity index (χ1) is 13.9. The molecule has 2 aromatic rings. The van der Waals surface area contributed by atoms with Crippen LogP contribution in [-0.2, 0) is 20.6 Å². The highest BCUT2D eigenvalue weighted by atomic mass is 35.5. The van der Waals surface area contributed by atoms with Gasteiger partial charge in [0.2, 0.25) is 15.9 Å². The van der Waals surface area contributed by atoms with Crippen molar-refractivity contribution in [3.05, 3.63) is 70.8 Å². The van der Waals surface area contributed by atoms with E-state index in [0.717, 1.165) is 5.56 Å². The van der Waals surface area contributed by atoms with Gasteiger partial charge in [-0.05, 0) is 29.8 Å². The molecule has 1 fully saturated rings. The lowest BCUT2D eigenvalue weighted by atomic mass is 10.2. The second kappa shape index (κ2) is 9.43. The van der Waals surface area contributed by atoms with Crippen molar-refractivity contribution in [2.24, 2.45) is 0 Å². The Morgan fingerprint density at radius 2 is 1.79 bits per heavy atom. The van der Waals surface area contributed by atoms with E-state index in [1.54, 1.807) is 48.4 Å². The molecule has 8 heteroatoms. The molecule has 3 rings (SSSR count). The summed E-state index contributed by atoms with van der Waals surface area (Å²) in [6.07, 6.45) is 3.12. The topological polar surface area (TPSA) is 66.9 Å². The Morgan fingerprint density at radius 1 is 1.10 bits per heavy atom. The molecule has 0 saturated carbocycles. The zero-order valence-corrected chi connectivity index (χ0v) is 17.7. The lowest BCUT2D eigenvalue weighted by Gasteiger charge is -2.33. The van der Waals surface area contributed by atoms with Crippen LogP contribution in [0.3, 0.4) is 0 Å². The molecule has 0 atom stereocenters. The average molecular weight is 435 g/mol. The van der Waals surface area contributed by atoms with Gasteiger partial charge in [-0.3, -0.25) is 4.79 Å². The molecule has 2 aromatic carbocycles. The molecule has 1 amide bonds. The normalized spacial score (nSPS) is 15.6. The van der Waals surface area contributed by atoms with E-state index in [1.807, 2.05) is 18.2 Å². The number of ether oxygens (including phenoxy) is 1. The number of benzene rings is 2. The van der Waals surface area contributed by atoms with Gasteiger partial charge in [0.1, 0.15) is 5.75 Å². The predicted octanol–water partition coefficient (Wildman–Crippen LogP) is 3.04. The quantitative estimate of drug-likeness (QED) is 0.655. The highest BCUT2D eigenvalue weighted by molar-refractivity contribution is 7.88. The first kappa shape index (κ1) is 21.4. The monoisotopic (exact) mass is 434 g/mol. The molecule has 0 aliphatic carbocycles. The van der Waals surface area contributed by atoms with Gasteiger partial charge in [-0.1, -0.05) is 41.9 Å². The highest BCUT2D eigenvalue weighted by Gasteiger charge is 2.28. The second-order valence-electron chi connectivity index (χ2n) is 6.69. The van der Waals surface area contributed by atoms with E-state index in [2.05, 4.69) is 0 Å². The molecule has 0 spiro atoms. The average Bonchev–Trinajstić information content (AvgIpc) is 2.72. The van der Waals surface area contributed by atoms with Crippen LogP contribution in [0.5, 0.6) is 5.75 Å². The number of hydrogen-bond acceptors (Lipinski definition) is 4. The molecule has 29 heavy (non-hydrogen) atoms. The first-order valence-corrected chi connectivity index (χ1v) is 11.2. The van der Waals surface area contributed by atoms with Crippen LogP contribution in [0.4, 0.5) is 0 Å². The van der Waals surface area contributed by atoms with Crippen molar-refractivity contribution in [2.45, 2.75) is 5.75 Å². The molecule has 1 aliphatic rings. The van der Waals surface area contributed by atoms with Crippen molar-refractivity contribution >= 4 is 33.6 Å². The van der Waals surface area contributed by atoms with Crippen molar-refractivity contribution in [2.75, 3.05) is 33.3 Å². The van der Waals surface area contributed by atoms with Gasteiger partial charge in [0, 0.05) is 42.8 Å². The summed E-state index contributed by atoms with van der Waals surface area (Å²) in [7, 11) is -1.86. The van der Waals surface area contributed by atoms with Crippen molar-refractivity contribution < 1.29 is 17.9 Å². The van der Waals surface area contributed by atoms with Crippen LogP contribution < -0.4 is 4.74 Å². The molecular weight excluding hydrogens is 412 g/mol. The molecule has 0 unspecified atom stereocenters. The number of rotatable bonds is 6. The Kier molecular flexibility index (Phi) is 6.95. The Bertz CT molecular complexity index is 985. The zero-order valence-electron chi connectivity index (χ0n) is 16.1. The molecular formula is C21H23ClN2O4S. The van der Waals surface area contributed by atoms with Gasteiger partial charge in [0.25, 0.3) is 0 Å². The van der Waals surface area contributed by atoms with E-state index < -0.39 is 10.0 Å². The molecule has 1 saturated heterocycles. The van der Waals surface area contributed by atoms with E-state index in [1.165, 1.54) is 10.4 Å². The lowest BCUT2D eigenvalue weighted by Crippen LogP contribution is -2.50. The number of methoxy groups -OCH3 is 1. The van der Waals surface area contributed by atoms with Crippen LogP contribution in [0, 0.1) is 0 Å². The minimum Gasteiger partial charge on any atom is -0.496 e. The highest BCUT2D eigenvalue weighted by Crippen LogP contribution is 2.24. The van der Waals surface area contributed by atoms with Crippen molar-refractivity contribution in [1.82, 2.24) is 9.21 Å². The standard InChI is InChI=1S/C21H23ClN2O4S/c1-28-20-9-8-19(22)15-18(20)7-10-21(25)23-11-13-24(14-12-23)29(26,27)16-17-5-3-2-4-6-17/h2-10,15H,11-14,16H2,1H3/b10-7+. The number of amides is 1. The summed E-state index contributed by atoms with van der Waals surface area (Å²) in [6, 6.07) is 14.3. The fourth-order valence-corrected chi connectivity index (χ4v) is 4.86. The minimum absolute atomic E-state index is 0.0315. The van der Waals surface area contributed by atoms with Crippen LogP contribution in [0.25, 0.3) is 6.08 Å². The van der Waals surface area contributed by atoms with Crippen LogP contribution in [0.1, 0.15) is 11.1 Å². The van der Waals surface area contributed by atoms with E-state index >= 15 is 0 Å². The summed E-state index contributed by atoms with van der Waals surface area (Å²) in [6.45, 7) is 1.28. The smallest absolute Gasteiger partial charge is 0.246 e. The van der Waals surface area contributed by atoms with Crippen LogP contribution >= 0.6 is 11.6 Å². The SMILES string of the molecule is COc1ccc(Cl)cc1/C=C/C(=O)N1CCN(S(=O)(=O)Cc2ccccc2)CC1. The summed E-state index contributed by atoms with van der Waals surface area (Å²) in [5.41, 5.74) is 1.46. The molecule has 6 nitrogen and oxygen atoms in total. The van der Waals surface area contributed by atoms with E-state index in [0.29, 0.717) is 29.4 Å². The van der Waals surface area contributed by atoms with Gasteiger partial charge >= 0.3 is 0 Å². The Morgan fingerprint density at radius 3 is 2.45 bits per heavy atom. The second-order valence-corrected chi connectivity index (χ2v) is 9.09. The molecule has 0 radical (unpaired) electrons. The van der Waals surface area contributed by atoms with Crippen LogP contribution in [-0.4, -0.2) is 56.8 Å². The summed E-state index contributed by atoms with van der Waals surface area (Å²) in [5.74, 6) is 0.415. The summed E-state index contributed by atoms with van der Waals surface area (Å²) in [4.78, 5) is 14.1. The third kappa shape index (κ3) is 5.59. The molecule has 1 aliphatic heterocycles. The fourth-order valence-electron chi connectivity index (χ4n) is 3.16. The maximum atomic E-state index is 12.6. The number of sulfonamides is 1. The Hall–Kier alpha value is -2.35. The molecule has 0 bridgehead atoms. The molecule has 1 heterocycles. The fraction of sp³-hybridized carbons (Fsp3) is 0.286. The number of carbonyl (C=O) groups is 1. The first-order valence-electron chi connectivity index (χ1n) is 9.21. The van der Waals surface area contributed by atoms with Crippen molar-refractivity contribution in [3.63, 3.8) is 0 Å². The zero-order chi connectivity index (χ0) is 20.9. The van der Waals surface area contributed by atoms with Crippen LogP contribution in [0.15, 0.2) is 54.6 Å².